The molecule has 2 aromatic rings. The summed E-state index contributed by atoms with van der Waals surface area (Å²) < 4.78 is 6.91. The fourth-order valence-electron chi connectivity index (χ4n) is 1.80. The van der Waals surface area contributed by atoms with E-state index in [4.69, 9.17) is 4.74 Å². The fourth-order valence-corrected chi connectivity index (χ4v) is 1.80. The van der Waals surface area contributed by atoms with Crippen molar-refractivity contribution in [3.8, 4) is 0 Å². The summed E-state index contributed by atoms with van der Waals surface area (Å²) in [5.74, 6) is 0.385. The van der Waals surface area contributed by atoms with Gasteiger partial charge in [-0.05, 0) is 13.3 Å². The molecule has 0 saturated carbocycles. The van der Waals surface area contributed by atoms with Gasteiger partial charge >= 0.3 is 0 Å². The van der Waals surface area contributed by atoms with Crippen molar-refractivity contribution >= 4 is 5.91 Å². The Labute approximate surface area is 115 Å². The average Bonchev–Trinajstić information content (AvgIpc) is 3.10. The molecule has 0 radical (unpaired) electrons. The monoisotopic (exact) mass is 279 g/mol. The lowest BCUT2D eigenvalue weighted by Crippen LogP contribution is -2.29. The molecule has 20 heavy (non-hydrogen) atoms. The zero-order valence-electron chi connectivity index (χ0n) is 11.4. The third-order valence-electron chi connectivity index (χ3n) is 2.78. The Kier molecular flexibility index (Phi) is 4.77. The molecule has 1 atom stereocenters. The highest BCUT2D eigenvalue weighted by Gasteiger charge is 2.17. The van der Waals surface area contributed by atoms with E-state index in [9.17, 15) is 4.79 Å². The van der Waals surface area contributed by atoms with Gasteiger partial charge < -0.3 is 14.6 Å². The second-order valence-electron chi connectivity index (χ2n) is 4.28. The number of hydrogen-bond donors (Lipinski definition) is 2. The third-order valence-corrected chi connectivity index (χ3v) is 2.78. The van der Waals surface area contributed by atoms with E-state index in [0.29, 0.717) is 12.4 Å². The first-order valence-corrected chi connectivity index (χ1v) is 6.25. The summed E-state index contributed by atoms with van der Waals surface area (Å²) >= 11 is 0. The summed E-state index contributed by atoms with van der Waals surface area (Å²) in [4.78, 5) is 11.9. The maximum atomic E-state index is 11.9. The Morgan fingerprint density at radius 1 is 1.60 bits per heavy atom. The van der Waals surface area contributed by atoms with Crippen molar-refractivity contribution in [3.05, 3.63) is 24.0 Å². The molecule has 0 bridgehead atoms. The van der Waals surface area contributed by atoms with Gasteiger partial charge in [0.15, 0.2) is 11.5 Å². The van der Waals surface area contributed by atoms with Crippen LogP contribution in [0.4, 0.5) is 0 Å². The first-order chi connectivity index (χ1) is 9.72. The molecule has 2 rings (SSSR count). The molecule has 0 aromatic carbocycles. The van der Waals surface area contributed by atoms with Crippen LogP contribution in [0.15, 0.2) is 12.5 Å². The molecule has 0 saturated heterocycles. The molecule has 1 amide bonds. The Morgan fingerprint density at radius 3 is 3.15 bits per heavy atom. The molecule has 0 fully saturated rings. The molecule has 0 aliphatic heterocycles. The highest BCUT2D eigenvalue weighted by molar-refractivity contribution is 5.91. The summed E-state index contributed by atoms with van der Waals surface area (Å²) in [5.41, 5.74) is 0.238. The minimum absolute atomic E-state index is 0.238. The molecule has 0 unspecified atom stereocenters. The van der Waals surface area contributed by atoms with Crippen molar-refractivity contribution in [2.45, 2.75) is 25.9 Å². The number of aromatic nitrogens is 6. The number of ether oxygens (including phenoxy) is 1. The van der Waals surface area contributed by atoms with Crippen molar-refractivity contribution in [3.63, 3.8) is 0 Å². The van der Waals surface area contributed by atoms with Gasteiger partial charge in [-0.15, -0.1) is 10.2 Å². The molecule has 108 valence electrons. The van der Waals surface area contributed by atoms with Crippen LogP contribution < -0.4 is 5.32 Å². The number of methoxy groups -OCH3 is 1. The summed E-state index contributed by atoms with van der Waals surface area (Å²) in [6, 6.07) is -0.274. The van der Waals surface area contributed by atoms with Crippen molar-refractivity contribution in [1.82, 2.24) is 35.5 Å². The standard InChI is InChI=1S/C11H17N7O2/c1-8(14-11(19)9-6-12-17-15-9)10-16-13-7-18(10)4-3-5-20-2/h6-8H,3-5H2,1-2H3,(H,14,19)(H,12,15,17)/t8-/m1/s1. The number of nitrogens with one attached hydrogen (secondary N) is 2. The van der Waals surface area contributed by atoms with Crippen molar-refractivity contribution < 1.29 is 9.53 Å². The Morgan fingerprint density at radius 2 is 2.45 bits per heavy atom. The molecule has 2 aromatic heterocycles. The number of nitrogens with zero attached hydrogens (tertiary/aromatic N) is 5. The molecule has 0 spiro atoms. The number of aromatic amines is 1. The van der Waals surface area contributed by atoms with Crippen LogP contribution >= 0.6 is 0 Å². The summed E-state index contributed by atoms with van der Waals surface area (Å²) in [6.45, 7) is 3.24. The van der Waals surface area contributed by atoms with Crippen LogP contribution in [0.1, 0.15) is 35.7 Å². The summed E-state index contributed by atoms with van der Waals surface area (Å²) in [6.07, 6.45) is 3.86. The van der Waals surface area contributed by atoms with Crippen molar-refractivity contribution in [1.29, 1.82) is 0 Å². The predicted molar refractivity (Wildman–Crippen MR) is 68.8 cm³/mol. The zero-order chi connectivity index (χ0) is 14.4. The average molecular weight is 279 g/mol. The lowest BCUT2D eigenvalue weighted by Gasteiger charge is -2.13. The number of carbonyl (C=O) groups is 1. The minimum atomic E-state index is -0.308. The number of H-pyrrole nitrogens is 1. The van der Waals surface area contributed by atoms with E-state index in [2.05, 4.69) is 30.9 Å². The van der Waals surface area contributed by atoms with Crippen LogP contribution in [-0.2, 0) is 11.3 Å². The van der Waals surface area contributed by atoms with Gasteiger partial charge in [0.05, 0.1) is 12.2 Å². The molecule has 2 N–H and O–H groups in total. The van der Waals surface area contributed by atoms with Gasteiger partial charge in [-0.1, -0.05) is 0 Å². The maximum Gasteiger partial charge on any atom is 0.274 e. The SMILES string of the molecule is COCCCn1cnnc1[C@@H](C)NC(=O)c1cn[nH]n1. The number of rotatable bonds is 7. The van der Waals surface area contributed by atoms with E-state index in [1.807, 2.05) is 11.5 Å². The first kappa shape index (κ1) is 14.1. The van der Waals surface area contributed by atoms with E-state index >= 15 is 0 Å². The summed E-state index contributed by atoms with van der Waals surface area (Å²) in [5, 5.41) is 20.4. The summed E-state index contributed by atoms with van der Waals surface area (Å²) in [7, 11) is 1.66. The van der Waals surface area contributed by atoms with E-state index < -0.39 is 0 Å². The van der Waals surface area contributed by atoms with E-state index in [-0.39, 0.29) is 17.6 Å². The molecule has 2 heterocycles. The van der Waals surface area contributed by atoms with Gasteiger partial charge in [-0.25, -0.2) is 0 Å². The number of hydrogen-bond acceptors (Lipinski definition) is 6. The molecule has 0 aliphatic carbocycles. The largest absolute Gasteiger partial charge is 0.385 e. The highest BCUT2D eigenvalue weighted by Crippen LogP contribution is 2.10. The topological polar surface area (TPSA) is 111 Å². The van der Waals surface area contributed by atoms with Gasteiger partial charge in [-0.3, -0.25) is 4.79 Å². The second-order valence-corrected chi connectivity index (χ2v) is 4.28. The van der Waals surface area contributed by atoms with Crippen LogP contribution in [0.25, 0.3) is 0 Å². The van der Waals surface area contributed by atoms with Crippen molar-refractivity contribution in [2.24, 2.45) is 0 Å². The molecule has 9 nitrogen and oxygen atoms in total. The molecule has 9 heteroatoms. The quantitative estimate of drug-likeness (QED) is 0.686. The number of amides is 1. The van der Waals surface area contributed by atoms with E-state index in [0.717, 1.165) is 13.0 Å². The maximum absolute atomic E-state index is 11.9. The van der Waals surface area contributed by atoms with Gasteiger partial charge in [0.25, 0.3) is 5.91 Å². The van der Waals surface area contributed by atoms with Crippen molar-refractivity contribution in [2.75, 3.05) is 13.7 Å². The van der Waals surface area contributed by atoms with E-state index in [1.54, 1.807) is 13.4 Å². The van der Waals surface area contributed by atoms with E-state index in [1.165, 1.54) is 6.20 Å². The van der Waals surface area contributed by atoms with Gasteiger partial charge in [0, 0.05) is 20.3 Å². The smallest absolute Gasteiger partial charge is 0.274 e. The lowest BCUT2D eigenvalue weighted by molar-refractivity contribution is 0.0932. The van der Waals surface area contributed by atoms with Crippen LogP contribution in [0.2, 0.25) is 0 Å². The first-order valence-electron chi connectivity index (χ1n) is 6.25. The van der Waals surface area contributed by atoms with Crippen LogP contribution in [0.5, 0.6) is 0 Å². The molecular formula is C11H17N7O2. The van der Waals surface area contributed by atoms with Gasteiger partial charge in [-0.2, -0.15) is 15.4 Å². The van der Waals surface area contributed by atoms with Gasteiger partial charge in [0.1, 0.15) is 6.33 Å². The lowest BCUT2D eigenvalue weighted by atomic mass is 10.3. The molecular weight excluding hydrogens is 262 g/mol. The zero-order valence-corrected chi connectivity index (χ0v) is 11.4. The van der Waals surface area contributed by atoms with Gasteiger partial charge in [0.2, 0.25) is 0 Å². The fraction of sp³-hybridized carbons (Fsp3) is 0.545. The second kappa shape index (κ2) is 6.75. The Bertz CT molecular complexity index is 537. The Hall–Kier alpha value is -2.29. The molecule has 0 aliphatic rings. The number of carbonyl (C=O) groups excluding carboxylic acids is 1. The minimum Gasteiger partial charge on any atom is -0.385 e. The predicted octanol–water partition coefficient (Wildman–Crippen LogP) is -0.0763. The highest BCUT2D eigenvalue weighted by atomic mass is 16.5. The van der Waals surface area contributed by atoms with Crippen LogP contribution in [-0.4, -0.2) is 49.8 Å². The number of aryl methyl sites for hydroxylation is 1. The third kappa shape index (κ3) is 3.38. The normalized spacial score (nSPS) is 12.3. The van der Waals surface area contributed by atoms with Crippen LogP contribution in [0, 0.1) is 0 Å². The Balaban J connectivity index is 1.97. The van der Waals surface area contributed by atoms with Crippen LogP contribution in [0.3, 0.4) is 0 Å².